The first-order chi connectivity index (χ1) is 10.9. The molecule has 0 aliphatic heterocycles. The third-order valence-corrected chi connectivity index (χ3v) is 2.38. The maximum atomic E-state index is 12.0. The largest absolute Gasteiger partial charge is 0.508 e. The number of carbonyl (C=O) groups excluding carboxylic acids is 2. The van der Waals surface area contributed by atoms with Crippen LogP contribution in [0.4, 0.5) is 4.79 Å². The monoisotopic (exact) mass is 327 g/mol. The highest BCUT2D eigenvalue weighted by molar-refractivity contribution is 5.95. The molecular formula is C13H17N3O7. The number of pyridine rings is 1. The Morgan fingerprint density at radius 1 is 1.43 bits per heavy atom. The van der Waals surface area contributed by atoms with Gasteiger partial charge in [-0.3, -0.25) is 9.78 Å². The molecule has 1 aromatic heterocycles. The molecule has 0 aliphatic carbocycles. The van der Waals surface area contributed by atoms with E-state index in [0.29, 0.717) is 0 Å². The number of hydrogen-bond acceptors (Lipinski definition) is 8. The fraction of sp³-hybridized carbons (Fsp3) is 0.462. The van der Waals surface area contributed by atoms with E-state index in [1.54, 1.807) is 19.9 Å². The minimum absolute atomic E-state index is 0.0512. The number of carbonyl (C=O) groups is 2. The second kappa shape index (κ2) is 9.18. The lowest BCUT2D eigenvalue weighted by Gasteiger charge is -2.11. The van der Waals surface area contributed by atoms with Crippen molar-refractivity contribution in [3.05, 3.63) is 39.7 Å². The van der Waals surface area contributed by atoms with Crippen LogP contribution in [0.2, 0.25) is 0 Å². The smallest absolute Gasteiger partial charge is 0.432 e. The van der Waals surface area contributed by atoms with Crippen LogP contribution in [0.3, 0.4) is 0 Å². The molecule has 0 radical (unpaired) electrons. The van der Waals surface area contributed by atoms with E-state index in [9.17, 15) is 19.7 Å². The lowest BCUT2D eigenvalue weighted by molar-refractivity contribution is -0.757. The fourth-order valence-electron chi connectivity index (χ4n) is 1.49. The zero-order valence-electron chi connectivity index (χ0n) is 12.7. The quantitative estimate of drug-likeness (QED) is 0.325. The highest BCUT2D eigenvalue weighted by atomic mass is 16.9. The van der Waals surface area contributed by atoms with Gasteiger partial charge in [-0.05, 0) is 26.0 Å². The van der Waals surface area contributed by atoms with Gasteiger partial charge in [0.05, 0.1) is 17.4 Å². The van der Waals surface area contributed by atoms with Crippen LogP contribution in [0.15, 0.2) is 18.3 Å². The van der Waals surface area contributed by atoms with Crippen molar-refractivity contribution in [3.8, 4) is 0 Å². The average Bonchev–Trinajstić information content (AvgIpc) is 2.48. The summed E-state index contributed by atoms with van der Waals surface area (Å²) in [6, 6.07) is 3.03. The van der Waals surface area contributed by atoms with Gasteiger partial charge in [0.15, 0.2) is 0 Å². The van der Waals surface area contributed by atoms with E-state index in [4.69, 9.17) is 9.47 Å². The van der Waals surface area contributed by atoms with Gasteiger partial charge in [-0.25, -0.2) is 4.79 Å². The van der Waals surface area contributed by atoms with Crippen LogP contribution in [0.1, 0.15) is 29.9 Å². The Bertz CT molecular complexity index is 562. The molecule has 1 N–H and O–H groups in total. The van der Waals surface area contributed by atoms with Crippen molar-refractivity contribution in [3.63, 3.8) is 0 Å². The number of nitrogens with one attached hydrogen (secondary N) is 1. The van der Waals surface area contributed by atoms with Gasteiger partial charge < -0.3 is 19.6 Å². The summed E-state index contributed by atoms with van der Waals surface area (Å²) in [6.45, 7) is 2.79. The van der Waals surface area contributed by atoms with E-state index < -0.39 is 17.1 Å². The molecule has 1 heterocycles. The summed E-state index contributed by atoms with van der Waals surface area (Å²) in [7, 11) is 0. The summed E-state index contributed by atoms with van der Waals surface area (Å²) in [5.41, 5.74) is 0.423. The SMILES string of the molecule is CC(C)OC(=O)OCc1ncccc1C(=O)NCCO[N+](=O)[O-]. The van der Waals surface area contributed by atoms with Crippen LogP contribution in [0.25, 0.3) is 0 Å². The first kappa shape index (κ1) is 18.1. The van der Waals surface area contributed by atoms with E-state index >= 15 is 0 Å². The van der Waals surface area contributed by atoms with Gasteiger partial charge in [-0.2, -0.15) is 0 Å². The molecule has 1 aromatic rings. The Kier molecular flexibility index (Phi) is 7.24. The fourth-order valence-corrected chi connectivity index (χ4v) is 1.49. The summed E-state index contributed by atoms with van der Waals surface area (Å²) in [6.07, 6.45) is 0.256. The molecule has 10 heteroatoms. The predicted molar refractivity (Wildman–Crippen MR) is 75.9 cm³/mol. The number of rotatable bonds is 8. The summed E-state index contributed by atoms with van der Waals surface area (Å²) >= 11 is 0. The van der Waals surface area contributed by atoms with Crippen LogP contribution in [0.5, 0.6) is 0 Å². The van der Waals surface area contributed by atoms with E-state index in [0.717, 1.165) is 0 Å². The summed E-state index contributed by atoms with van der Waals surface area (Å²) in [5, 5.41) is 11.5. The van der Waals surface area contributed by atoms with Gasteiger partial charge in [-0.15, -0.1) is 10.1 Å². The Balaban J connectivity index is 2.57. The molecule has 0 fully saturated rings. The normalized spacial score (nSPS) is 10.0. The topological polar surface area (TPSA) is 130 Å². The molecule has 0 saturated carbocycles. The van der Waals surface area contributed by atoms with Gasteiger partial charge in [0.2, 0.25) is 0 Å². The Labute approximate surface area is 131 Å². The van der Waals surface area contributed by atoms with E-state index in [2.05, 4.69) is 15.1 Å². The second-order valence-corrected chi connectivity index (χ2v) is 4.52. The van der Waals surface area contributed by atoms with Gasteiger partial charge in [-0.1, -0.05) is 0 Å². The molecular weight excluding hydrogens is 310 g/mol. The zero-order chi connectivity index (χ0) is 17.2. The highest BCUT2D eigenvalue weighted by Crippen LogP contribution is 2.08. The Morgan fingerprint density at radius 2 is 2.17 bits per heavy atom. The van der Waals surface area contributed by atoms with Crippen LogP contribution in [0, 0.1) is 10.1 Å². The molecule has 10 nitrogen and oxygen atoms in total. The molecule has 1 rings (SSSR count). The van der Waals surface area contributed by atoms with Crippen LogP contribution < -0.4 is 5.32 Å². The molecule has 0 bridgehead atoms. The molecule has 0 aromatic carbocycles. The number of hydrogen-bond donors (Lipinski definition) is 1. The lowest BCUT2D eigenvalue weighted by Crippen LogP contribution is -2.29. The standard InChI is InChI=1S/C13H17N3O7/c1-9(2)23-13(18)21-8-11-10(4-3-5-14-11)12(17)15-6-7-22-16(19)20/h3-5,9H,6-8H2,1-2H3,(H,15,17). The van der Waals surface area contributed by atoms with E-state index in [-0.39, 0.29) is 37.1 Å². The van der Waals surface area contributed by atoms with Crippen molar-refractivity contribution < 1.29 is 29.0 Å². The van der Waals surface area contributed by atoms with E-state index in [1.807, 2.05) is 0 Å². The van der Waals surface area contributed by atoms with Crippen LogP contribution in [-0.2, 0) is 20.9 Å². The van der Waals surface area contributed by atoms with Gasteiger partial charge in [0.1, 0.15) is 13.2 Å². The van der Waals surface area contributed by atoms with Crippen molar-refractivity contribution >= 4 is 12.1 Å². The van der Waals surface area contributed by atoms with Crippen molar-refractivity contribution in [2.45, 2.75) is 26.6 Å². The number of ether oxygens (including phenoxy) is 2. The van der Waals surface area contributed by atoms with Crippen molar-refractivity contribution in [1.82, 2.24) is 10.3 Å². The molecule has 0 saturated heterocycles. The Hall–Kier alpha value is -2.91. The molecule has 0 aliphatic rings. The average molecular weight is 327 g/mol. The first-order valence-corrected chi connectivity index (χ1v) is 6.73. The Morgan fingerprint density at radius 3 is 2.83 bits per heavy atom. The first-order valence-electron chi connectivity index (χ1n) is 6.73. The number of aromatic nitrogens is 1. The highest BCUT2D eigenvalue weighted by Gasteiger charge is 2.14. The van der Waals surface area contributed by atoms with Crippen LogP contribution in [-0.4, -0.2) is 41.4 Å². The molecule has 23 heavy (non-hydrogen) atoms. The van der Waals surface area contributed by atoms with Gasteiger partial charge >= 0.3 is 6.16 Å². The molecule has 0 spiro atoms. The molecule has 126 valence electrons. The second-order valence-electron chi connectivity index (χ2n) is 4.52. The van der Waals surface area contributed by atoms with Crippen molar-refractivity contribution in [1.29, 1.82) is 0 Å². The minimum atomic E-state index is -0.949. The van der Waals surface area contributed by atoms with Gasteiger partial charge in [0, 0.05) is 12.7 Å². The number of amides is 1. The minimum Gasteiger partial charge on any atom is -0.432 e. The molecule has 1 amide bonds. The zero-order valence-corrected chi connectivity index (χ0v) is 12.7. The molecule has 0 unspecified atom stereocenters. The van der Waals surface area contributed by atoms with Crippen molar-refractivity contribution in [2.24, 2.45) is 0 Å². The van der Waals surface area contributed by atoms with Crippen LogP contribution >= 0.6 is 0 Å². The lowest BCUT2D eigenvalue weighted by atomic mass is 10.2. The third-order valence-electron chi connectivity index (χ3n) is 2.38. The maximum absolute atomic E-state index is 12.0. The summed E-state index contributed by atoms with van der Waals surface area (Å²) in [4.78, 5) is 41.4. The number of nitrogens with zero attached hydrogens (tertiary/aromatic N) is 2. The predicted octanol–water partition coefficient (Wildman–Crippen LogP) is 1.08. The summed E-state index contributed by atoms with van der Waals surface area (Å²) in [5.74, 6) is -0.513. The third kappa shape index (κ3) is 7.07. The molecule has 0 atom stereocenters. The summed E-state index contributed by atoms with van der Waals surface area (Å²) < 4.78 is 9.67. The van der Waals surface area contributed by atoms with Gasteiger partial charge in [0.25, 0.3) is 11.0 Å². The van der Waals surface area contributed by atoms with E-state index in [1.165, 1.54) is 12.3 Å². The maximum Gasteiger partial charge on any atom is 0.508 e. The van der Waals surface area contributed by atoms with Crippen molar-refractivity contribution in [2.75, 3.05) is 13.2 Å².